The van der Waals surface area contributed by atoms with Crippen molar-refractivity contribution in [2.24, 2.45) is 7.05 Å². The van der Waals surface area contributed by atoms with Crippen LogP contribution in [0.25, 0.3) is 0 Å². The Labute approximate surface area is 198 Å². The molecule has 8 nitrogen and oxygen atoms in total. The second kappa shape index (κ2) is 9.94. The van der Waals surface area contributed by atoms with Gasteiger partial charge in [0, 0.05) is 38.1 Å². The molecular weight excluding hydrogens is 459 g/mol. The number of ether oxygens (including phenoxy) is 1. The van der Waals surface area contributed by atoms with E-state index in [2.05, 4.69) is 10.3 Å². The first-order valence-corrected chi connectivity index (χ1v) is 12.5. The maximum Gasteiger partial charge on any atom is 0.252 e. The van der Waals surface area contributed by atoms with Gasteiger partial charge in [0.1, 0.15) is 28.3 Å². The number of sulfonamides is 1. The number of benzene rings is 2. The summed E-state index contributed by atoms with van der Waals surface area (Å²) >= 11 is 0. The summed E-state index contributed by atoms with van der Waals surface area (Å²) < 4.78 is 49.0. The van der Waals surface area contributed by atoms with Gasteiger partial charge in [0.15, 0.2) is 0 Å². The number of methoxy groups -OCH3 is 1. The van der Waals surface area contributed by atoms with Crippen LogP contribution in [0.3, 0.4) is 0 Å². The Morgan fingerprint density at radius 1 is 1.12 bits per heavy atom. The molecule has 2 heterocycles. The zero-order valence-corrected chi connectivity index (χ0v) is 19.9. The molecule has 1 amide bonds. The molecule has 0 radical (unpaired) electrons. The van der Waals surface area contributed by atoms with Crippen LogP contribution in [0.5, 0.6) is 5.75 Å². The van der Waals surface area contributed by atoms with E-state index in [0.717, 1.165) is 37.0 Å². The quantitative estimate of drug-likeness (QED) is 0.553. The Kier molecular flexibility index (Phi) is 6.99. The average Bonchev–Trinajstić information content (AvgIpc) is 3.28. The van der Waals surface area contributed by atoms with E-state index in [-0.39, 0.29) is 5.56 Å². The van der Waals surface area contributed by atoms with Crippen LogP contribution in [0.2, 0.25) is 0 Å². The first kappa shape index (κ1) is 23.9. The largest absolute Gasteiger partial charge is 0.497 e. The maximum absolute atomic E-state index is 14.6. The summed E-state index contributed by atoms with van der Waals surface area (Å²) in [6.07, 6.45) is 5.79. The minimum atomic E-state index is -4.04. The monoisotopic (exact) mass is 486 g/mol. The van der Waals surface area contributed by atoms with Gasteiger partial charge in [0.25, 0.3) is 5.91 Å². The summed E-state index contributed by atoms with van der Waals surface area (Å²) in [6, 6.07) is 9.98. The van der Waals surface area contributed by atoms with Crippen LogP contribution in [0.1, 0.15) is 47.1 Å². The molecule has 10 heteroatoms. The SMILES string of the molecule is COc1ccc([C@@H](NC(=O)c2ccc(F)c(S(=O)(=O)N3CCCCC3)c2)c2nccn2C)cc1. The molecule has 4 rings (SSSR count). The van der Waals surface area contributed by atoms with Crippen LogP contribution < -0.4 is 10.1 Å². The molecule has 0 unspecified atom stereocenters. The van der Waals surface area contributed by atoms with E-state index in [1.54, 1.807) is 36.2 Å². The third-order valence-corrected chi connectivity index (χ3v) is 7.88. The lowest BCUT2D eigenvalue weighted by molar-refractivity contribution is 0.0941. The van der Waals surface area contributed by atoms with Crippen molar-refractivity contribution in [1.29, 1.82) is 0 Å². The van der Waals surface area contributed by atoms with E-state index in [1.807, 2.05) is 19.2 Å². The lowest BCUT2D eigenvalue weighted by Gasteiger charge is -2.26. The smallest absolute Gasteiger partial charge is 0.252 e. The average molecular weight is 487 g/mol. The van der Waals surface area contributed by atoms with Crippen molar-refractivity contribution in [3.8, 4) is 5.75 Å². The Morgan fingerprint density at radius 3 is 2.44 bits per heavy atom. The van der Waals surface area contributed by atoms with Crippen molar-refractivity contribution < 1.29 is 22.3 Å². The van der Waals surface area contributed by atoms with Crippen molar-refractivity contribution in [2.45, 2.75) is 30.2 Å². The topological polar surface area (TPSA) is 93.5 Å². The molecule has 1 N–H and O–H groups in total. The minimum absolute atomic E-state index is 0.0460. The zero-order chi connectivity index (χ0) is 24.3. The fourth-order valence-electron chi connectivity index (χ4n) is 4.05. The Bertz CT molecular complexity index is 1270. The number of hydrogen-bond acceptors (Lipinski definition) is 5. The first-order chi connectivity index (χ1) is 16.3. The molecule has 3 aromatic rings. The summed E-state index contributed by atoms with van der Waals surface area (Å²) in [5.74, 6) is -0.168. The summed E-state index contributed by atoms with van der Waals surface area (Å²) in [7, 11) is -0.661. The molecule has 1 fully saturated rings. The van der Waals surface area contributed by atoms with Crippen molar-refractivity contribution in [2.75, 3.05) is 20.2 Å². The van der Waals surface area contributed by atoms with Crippen LogP contribution in [0.4, 0.5) is 4.39 Å². The number of halogens is 1. The lowest BCUT2D eigenvalue weighted by Crippen LogP contribution is -2.36. The highest BCUT2D eigenvalue weighted by molar-refractivity contribution is 7.89. The van der Waals surface area contributed by atoms with E-state index in [0.29, 0.717) is 24.7 Å². The molecule has 1 aliphatic heterocycles. The molecule has 1 saturated heterocycles. The Balaban J connectivity index is 1.65. The van der Waals surface area contributed by atoms with Gasteiger partial charge in [0.2, 0.25) is 10.0 Å². The number of hydrogen-bond donors (Lipinski definition) is 1. The Hall–Kier alpha value is -3.24. The third kappa shape index (κ3) is 4.83. The van der Waals surface area contributed by atoms with E-state index < -0.39 is 32.7 Å². The van der Waals surface area contributed by atoms with E-state index in [4.69, 9.17) is 4.74 Å². The molecule has 0 bridgehead atoms. The van der Waals surface area contributed by atoms with Gasteiger partial charge < -0.3 is 14.6 Å². The third-order valence-electron chi connectivity index (χ3n) is 5.97. The molecule has 1 aromatic heterocycles. The number of amides is 1. The molecular formula is C24H27FN4O4S. The molecule has 1 aliphatic rings. The van der Waals surface area contributed by atoms with Gasteiger partial charge in [-0.25, -0.2) is 17.8 Å². The van der Waals surface area contributed by atoms with Crippen LogP contribution in [-0.4, -0.2) is 48.4 Å². The van der Waals surface area contributed by atoms with Gasteiger partial charge in [-0.2, -0.15) is 4.31 Å². The highest BCUT2D eigenvalue weighted by Gasteiger charge is 2.30. The van der Waals surface area contributed by atoms with E-state index in [9.17, 15) is 17.6 Å². The number of carbonyl (C=O) groups excluding carboxylic acids is 1. The predicted octanol–water partition coefficient (Wildman–Crippen LogP) is 3.26. The number of imidazole rings is 1. The second-order valence-corrected chi connectivity index (χ2v) is 10.1. The van der Waals surface area contributed by atoms with Crippen molar-refractivity contribution in [1.82, 2.24) is 19.2 Å². The fourth-order valence-corrected chi connectivity index (χ4v) is 5.66. The fraction of sp³-hybridized carbons (Fsp3) is 0.333. The van der Waals surface area contributed by atoms with Gasteiger partial charge in [-0.05, 0) is 48.7 Å². The number of carbonyl (C=O) groups is 1. The molecule has 0 spiro atoms. The van der Waals surface area contributed by atoms with Crippen molar-refractivity contribution in [3.05, 3.63) is 77.6 Å². The second-order valence-electron chi connectivity index (χ2n) is 8.19. The summed E-state index contributed by atoms with van der Waals surface area (Å²) in [5.41, 5.74) is 0.802. The van der Waals surface area contributed by atoms with E-state index >= 15 is 0 Å². The molecule has 0 saturated carbocycles. The standard InChI is InChI=1S/C24H27FN4O4S/c1-28-15-12-26-23(28)22(17-6-9-19(33-2)10-7-17)27-24(30)18-8-11-20(25)21(16-18)34(31,32)29-13-4-3-5-14-29/h6-12,15-16,22H,3-5,13-14H2,1-2H3,(H,27,30)/t22-/m1/s1. The number of nitrogens with zero attached hydrogens (tertiary/aromatic N) is 3. The minimum Gasteiger partial charge on any atom is -0.497 e. The number of nitrogens with one attached hydrogen (secondary N) is 1. The number of piperidine rings is 1. The van der Waals surface area contributed by atoms with Gasteiger partial charge in [-0.1, -0.05) is 18.6 Å². The molecule has 2 aromatic carbocycles. The van der Waals surface area contributed by atoms with Gasteiger partial charge >= 0.3 is 0 Å². The summed E-state index contributed by atoms with van der Waals surface area (Å²) in [6.45, 7) is 0.688. The number of rotatable bonds is 7. The van der Waals surface area contributed by atoms with Crippen LogP contribution >= 0.6 is 0 Å². The molecule has 0 aliphatic carbocycles. The Morgan fingerprint density at radius 2 is 1.82 bits per heavy atom. The lowest BCUT2D eigenvalue weighted by atomic mass is 10.0. The highest BCUT2D eigenvalue weighted by Crippen LogP contribution is 2.26. The normalized spacial score (nSPS) is 15.6. The summed E-state index contributed by atoms with van der Waals surface area (Å²) in [5, 5.41) is 2.91. The number of aryl methyl sites for hydroxylation is 1. The summed E-state index contributed by atoms with van der Waals surface area (Å²) in [4.78, 5) is 17.1. The highest BCUT2D eigenvalue weighted by atomic mass is 32.2. The van der Waals surface area contributed by atoms with Gasteiger partial charge in [0.05, 0.1) is 7.11 Å². The maximum atomic E-state index is 14.6. The zero-order valence-electron chi connectivity index (χ0n) is 19.1. The van der Waals surface area contributed by atoms with Crippen LogP contribution in [-0.2, 0) is 17.1 Å². The number of aromatic nitrogens is 2. The van der Waals surface area contributed by atoms with Crippen molar-refractivity contribution >= 4 is 15.9 Å². The van der Waals surface area contributed by atoms with Gasteiger partial charge in [-0.3, -0.25) is 4.79 Å². The van der Waals surface area contributed by atoms with Crippen molar-refractivity contribution in [3.63, 3.8) is 0 Å². The van der Waals surface area contributed by atoms with Crippen LogP contribution in [0.15, 0.2) is 59.8 Å². The first-order valence-electron chi connectivity index (χ1n) is 11.0. The van der Waals surface area contributed by atoms with Crippen LogP contribution in [0, 0.1) is 5.82 Å². The molecule has 1 atom stereocenters. The molecule has 180 valence electrons. The predicted molar refractivity (Wildman–Crippen MR) is 125 cm³/mol. The van der Waals surface area contributed by atoms with Gasteiger partial charge in [-0.15, -0.1) is 0 Å². The van der Waals surface area contributed by atoms with E-state index in [1.165, 1.54) is 10.4 Å². The molecule has 34 heavy (non-hydrogen) atoms.